The lowest BCUT2D eigenvalue weighted by Crippen LogP contribution is -2.41. The van der Waals surface area contributed by atoms with Gasteiger partial charge in [-0.25, -0.2) is 8.78 Å². The Morgan fingerprint density at radius 3 is 2.78 bits per heavy atom. The molecule has 1 fully saturated rings. The summed E-state index contributed by atoms with van der Waals surface area (Å²) in [6.07, 6.45) is 2.07. The van der Waals surface area contributed by atoms with Gasteiger partial charge in [0.05, 0.1) is 25.4 Å². The molecule has 1 amide bonds. The zero-order chi connectivity index (χ0) is 19.1. The van der Waals surface area contributed by atoms with Crippen LogP contribution in [0.2, 0.25) is 0 Å². The van der Waals surface area contributed by atoms with Crippen molar-refractivity contribution in [1.82, 2.24) is 4.90 Å². The van der Waals surface area contributed by atoms with Crippen LogP contribution in [0.3, 0.4) is 0 Å². The van der Waals surface area contributed by atoms with Gasteiger partial charge in [0.2, 0.25) is 5.91 Å². The van der Waals surface area contributed by atoms with Gasteiger partial charge in [0, 0.05) is 12.6 Å². The van der Waals surface area contributed by atoms with E-state index in [1.807, 2.05) is 30.3 Å². The zero-order valence-corrected chi connectivity index (χ0v) is 15.2. The smallest absolute Gasteiger partial charge is 0.238 e. The Bertz CT molecular complexity index is 755. The van der Waals surface area contributed by atoms with Crippen LogP contribution < -0.4 is 5.32 Å². The van der Waals surface area contributed by atoms with Crippen molar-refractivity contribution in [2.45, 2.75) is 19.4 Å². The molecule has 1 N–H and O–H groups in total. The van der Waals surface area contributed by atoms with Crippen molar-refractivity contribution in [1.29, 1.82) is 0 Å². The minimum Gasteiger partial charge on any atom is -0.376 e. The van der Waals surface area contributed by atoms with E-state index in [-0.39, 0.29) is 18.1 Å². The molecule has 0 saturated carbocycles. The van der Waals surface area contributed by atoms with E-state index in [1.54, 1.807) is 0 Å². The van der Waals surface area contributed by atoms with Crippen molar-refractivity contribution in [2.24, 2.45) is 5.92 Å². The molecule has 1 aliphatic rings. The maximum absolute atomic E-state index is 13.6. The van der Waals surface area contributed by atoms with Gasteiger partial charge in [0.25, 0.3) is 0 Å². The van der Waals surface area contributed by atoms with Crippen molar-refractivity contribution < 1.29 is 18.3 Å². The van der Waals surface area contributed by atoms with Crippen LogP contribution >= 0.6 is 0 Å². The van der Waals surface area contributed by atoms with Crippen LogP contribution in [0.25, 0.3) is 0 Å². The molecule has 0 unspecified atom stereocenters. The Kier molecular flexibility index (Phi) is 6.90. The van der Waals surface area contributed by atoms with Crippen LogP contribution in [0.15, 0.2) is 48.5 Å². The van der Waals surface area contributed by atoms with E-state index in [2.05, 4.69) is 10.2 Å². The molecule has 4 nitrogen and oxygen atoms in total. The van der Waals surface area contributed by atoms with Gasteiger partial charge in [-0.15, -0.1) is 0 Å². The largest absolute Gasteiger partial charge is 0.376 e. The fourth-order valence-corrected chi connectivity index (χ4v) is 3.33. The number of benzene rings is 2. The SMILES string of the molecule is O=C(CN1CCC[C@H](COCc2ccccc2)C1)Nc1ccc(F)cc1F. The average molecular weight is 374 g/mol. The standard InChI is InChI=1S/C21H24F2N2O2/c22-18-8-9-20(19(23)11-18)24-21(26)13-25-10-4-7-17(12-25)15-27-14-16-5-2-1-3-6-16/h1-3,5-6,8-9,11,17H,4,7,10,12-15H2,(H,24,26)/t17-/m0/s1. The first-order chi connectivity index (χ1) is 13.1. The molecule has 6 heteroatoms. The lowest BCUT2D eigenvalue weighted by Gasteiger charge is -2.32. The number of hydrogen-bond donors (Lipinski definition) is 1. The molecule has 3 rings (SSSR count). The third kappa shape index (κ3) is 6.12. The van der Waals surface area contributed by atoms with E-state index in [1.165, 1.54) is 6.07 Å². The Hall–Kier alpha value is -2.31. The Labute approximate surface area is 158 Å². The number of carbonyl (C=O) groups excluding carboxylic acids is 1. The number of anilines is 1. The summed E-state index contributed by atoms with van der Waals surface area (Å²) in [5, 5.41) is 2.51. The summed E-state index contributed by atoms with van der Waals surface area (Å²) < 4.78 is 32.4. The van der Waals surface area contributed by atoms with Crippen LogP contribution in [0.5, 0.6) is 0 Å². The lowest BCUT2D eigenvalue weighted by molar-refractivity contribution is -0.117. The second-order valence-electron chi connectivity index (χ2n) is 6.92. The molecule has 0 aliphatic carbocycles. The molecule has 0 spiro atoms. The van der Waals surface area contributed by atoms with E-state index in [0.717, 1.165) is 43.6 Å². The molecule has 0 radical (unpaired) electrons. The monoisotopic (exact) mass is 374 g/mol. The van der Waals surface area contributed by atoms with Gasteiger partial charge in [-0.1, -0.05) is 30.3 Å². The Morgan fingerprint density at radius 2 is 2.00 bits per heavy atom. The first-order valence-corrected chi connectivity index (χ1v) is 9.19. The van der Waals surface area contributed by atoms with Gasteiger partial charge < -0.3 is 10.1 Å². The molecule has 2 aromatic carbocycles. The predicted molar refractivity (Wildman–Crippen MR) is 100 cm³/mol. The number of rotatable bonds is 7. The van der Waals surface area contributed by atoms with E-state index in [4.69, 9.17) is 4.74 Å². The molecule has 0 aromatic heterocycles. The summed E-state index contributed by atoms with van der Waals surface area (Å²) >= 11 is 0. The molecule has 2 aromatic rings. The first-order valence-electron chi connectivity index (χ1n) is 9.19. The van der Waals surface area contributed by atoms with Crippen LogP contribution in [0, 0.1) is 17.6 Å². The molecular formula is C21H24F2N2O2. The zero-order valence-electron chi connectivity index (χ0n) is 15.2. The molecule has 1 aliphatic heterocycles. The summed E-state index contributed by atoms with van der Waals surface area (Å²) in [5.41, 5.74) is 1.15. The number of amides is 1. The minimum absolute atomic E-state index is 0.00107. The van der Waals surface area contributed by atoms with Gasteiger partial charge in [0.1, 0.15) is 11.6 Å². The van der Waals surface area contributed by atoms with E-state index < -0.39 is 11.6 Å². The van der Waals surface area contributed by atoms with E-state index in [0.29, 0.717) is 19.1 Å². The molecule has 0 bridgehead atoms. The molecular weight excluding hydrogens is 350 g/mol. The first kappa shape index (κ1) is 19.5. The average Bonchev–Trinajstić information content (AvgIpc) is 2.65. The Balaban J connectivity index is 1.42. The third-order valence-electron chi connectivity index (χ3n) is 4.64. The fraction of sp³-hybridized carbons (Fsp3) is 0.381. The van der Waals surface area contributed by atoms with Crippen LogP contribution in [-0.4, -0.2) is 37.0 Å². The van der Waals surface area contributed by atoms with E-state index >= 15 is 0 Å². The lowest BCUT2D eigenvalue weighted by atomic mass is 9.99. The number of piperidine rings is 1. The van der Waals surface area contributed by atoms with Crippen LogP contribution in [0.1, 0.15) is 18.4 Å². The minimum atomic E-state index is -0.769. The van der Waals surface area contributed by atoms with Gasteiger partial charge in [0.15, 0.2) is 0 Å². The highest BCUT2D eigenvalue weighted by molar-refractivity contribution is 5.92. The van der Waals surface area contributed by atoms with E-state index in [9.17, 15) is 13.6 Å². The molecule has 144 valence electrons. The number of likely N-dealkylation sites (tertiary alicyclic amines) is 1. The number of halogens is 2. The number of nitrogens with zero attached hydrogens (tertiary/aromatic N) is 1. The normalized spacial score (nSPS) is 17.6. The number of carbonyl (C=O) groups is 1. The van der Waals surface area contributed by atoms with Crippen molar-refractivity contribution in [3.63, 3.8) is 0 Å². The topological polar surface area (TPSA) is 41.6 Å². The summed E-state index contributed by atoms with van der Waals surface area (Å²) in [6, 6.07) is 13.1. The maximum Gasteiger partial charge on any atom is 0.238 e. The van der Waals surface area contributed by atoms with Crippen molar-refractivity contribution in [2.75, 3.05) is 31.6 Å². The summed E-state index contributed by atoms with van der Waals surface area (Å²) in [4.78, 5) is 14.2. The highest BCUT2D eigenvalue weighted by Gasteiger charge is 2.22. The second-order valence-corrected chi connectivity index (χ2v) is 6.92. The summed E-state index contributed by atoms with van der Waals surface area (Å²) in [5.74, 6) is -1.36. The number of ether oxygens (including phenoxy) is 1. The molecule has 1 saturated heterocycles. The van der Waals surface area contributed by atoms with Crippen molar-refractivity contribution in [3.05, 3.63) is 65.7 Å². The summed E-state index contributed by atoms with van der Waals surface area (Å²) in [6.45, 7) is 3.02. The molecule has 1 atom stereocenters. The quantitative estimate of drug-likeness (QED) is 0.801. The molecule has 27 heavy (non-hydrogen) atoms. The predicted octanol–water partition coefficient (Wildman–Crippen LogP) is 3.83. The maximum atomic E-state index is 13.6. The third-order valence-corrected chi connectivity index (χ3v) is 4.64. The van der Waals surface area contributed by atoms with Crippen molar-refractivity contribution in [3.8, 4) is 0 Å². The highest BCUT2D eigenvalue weighted by Crippen LogP contribution is 2.18. The van der Waals surface area contributed by atoms with Crippen molar-refractivity contribution >= 4 is 11.6 Å². The number of nitrogens with one attached hydrogen (secondary N) is 1. The summed E-state index contributed by atoms with van der Waals surface area (Å²) in [7, 11) is 0. The fourth-order valence-electron chi connectivity index (χ4n) is 3.33. The van der Waals surface area contributed by atoms with Gasteiger partial charge in [-0.05, 0) is 43.0 Å². The van der Waals surface area contributed by atoms with Gasteiger partial charge in [-0.2, -0.15) is 0 Å². The van der Waals surface area contributed by atoms with Gasteiger partial charge >= 0.3 is 0 Å². The highest BCUT2D eigenvalue weighted by atomic mass is 19.1. The molecule has 1 heterocycles. The van der Waals surface area contributed by atoms with Gasteiger partial charge in [-0.3, -0.25) is 9.69 Å². The van der Waals surface area contributed by atoms with Crippen LogP contribution in [0.4, 0.5) is 14.5 Å². The van der Waals surface area contributed by atoms with Crippen LogP contribution in [-0.2, 0) is 16.1 Å². The Morgan fingerprint density at radius 1 is 1.19 bits per heavy atom. The number of hydrogen-bond acceptors (Lipinski definition) is 3. The second kappa shape index (κ2) is 9.58.